The third-order valence-electron chi connectivity index (χ3n) is 2.37. The summed E-state index contributed by atoms with van der Waals surface area (Å²) in [7, 11) is 0. The molecule has 2 N–H and O–H groups in total. The predicted octanol–water partition coefficient (Wildman–Crippen LogP) is 0.689. The van der Waals surface area contributed by atoms with Crippen LogP contribution in [0.25, 0.3) is 0 Å². The van der Waals surface area contributed by atoms with E-state index in [1.165, 1.54) is 0 Å². The molecule has 0 aromatic heterocycles. The second-order valence-corrected chi connectivity index (χ2v) is 5.75. The highest BCUT2D eigenvalue weighted by molar-refractivity contribution is 8.00. The summed E-state index contributed by atoms with van der Waals surface area (Å²) in [5, 5.41) is 0. The number of hydrogen-bond donors (Lipinski definition) is 1. The van der Waals surface area contributed by atoms with Crippen molar-refractivity contribution in [1.29, 1.82) is 0 Å². The zero-order chi connectivity index (χ0) is 9.90. The lowest BCUT2D eigenvalue weighted by Gasteiger charge is -2.22. The van der Waals surface area contributed by atoms with E-state index >= 15 is 0 Å². The smallest absolute Gasteiger partial charge is 0.236 e. The van der Waals surface area contributed by atoms with Gasteiger partial charge in [-0.1, -0.05) is 13.8 Å². The lowest BCUT2D eigenvalue weighted by Crippen LogP contribution is -2.37. The number of nitrogens with zero attached hydrogens (tertiary/aromatic N) is 1. The lowest BCUT2D eigenvalue weighted by atomic mass is 10.1. The molecule has 1 rings (SSSR count). The van der Waals surface area contributed by atoms with Gasteiger partial charge in [0.15, 0.2) is 0 Å². The van der Waals surface area contributed by atoms with Gasteiger partial charge in [0.25, 0.3) is 0 Å². The van der Waals surface area contributed by atoms with Crippen LogP contribution in [0.1, 0.15) is 20.3 Å². The largest absolute Gasteiger partial charge is 0.341 e. The minimum atomic E-state index is 0.0818. The van der Waals surface area contributed by atoms with E-state index < -0.39 is 0 Å². The first-order chi connectivity index (χ1) is 6.05. The Labute approximate surface area is 84.0 Å². The summed E-state index contributed by atoms with van der Waals surface area (Å²) in [6, 6.07) is 0. The van der Waals surface area contributed by atoms with Crippen LogP contribution in [0.15, 0.2) is 0 Å². The Balaban J connectivity index is 2.49. The van der Waals surface area contributed by atoms with E-state index in [4.69, 9.17) is 5.73 Å². The Morgan fingerprint density at radius 2 is 2.23 bits per heavy atom. The molecule has 3 nitrogen and oxygen atoms in total. The Kier molecular flexibility index (Phi) is 3.62. The van der Waals surface area contributed by atoms with E-state index in [0.717, 1.165) is 25.3 Å². The summed E-state index contributed by atoms with van der Waals surface area (Å²) in [4.78, 5) is 13.2. The van der Waals surface area contributed by atoms with Crippen molar-refractivity contribution in [3.05, 3.63) is 0 Å². The average molecular weight is 202 g/mol. The van der Waals surface area contributed by atoms with E-state index in [1.807, 2.05) is 16.7 Å². The molecule has 0 atom stereocenters. The van der Waals surface area contributed by atoms with Crippen LogP contribution in [0.4, 0.5) is 0 Å². The van der Waals surface area contributed by atoms with Crippen molar-refractivity contribution >= 4 is 17.7 Å². The minimum Gasteiger partial charge on any atom is -0.341 e. The van der Waals surface area contributed by atoms with Crippen molar-refractivity contribution < 1.29 is 4.79 Å². The highest BCUT2D eigenvalue weighted by Gasteiger charge is 2.25. The summed E-state index contributed by atoms with van der Waals surface area (Å²) >= 11 is 1.94. The van der Waals surface area contributed by atoms with Crippen molar-refractivity contribution in [2.75, 3.05) is 25.4 Å². The van der Waals surface area contributed by atoms with Crippen LogP contribution >= 0.6 is 11.8 Å². The normalized spacial score (nSPS) is 22.5. The molecule has 1 aliphatic heterocycles. The zero-order valence-electron chi connectivity index (χ0n) is 8.38. The molecule has 1 fully saturated rings. The maximum Gasteiger partial charge on any atom is 0.236 e. The van der Waals surface area contributed by atoms with Crippen LogP contribution in [-0.2, 0) is 4.79 Å². The summed E-state index contributed by atoms with van der Waals surface area (Å²) in [6.45, 7) is 6.31. The Morgan fingerprint density at radius 3 is 2.85 bits per heavy atom. The molecule has 0 aromatic carbocycles. The van der Waals surface area contributed by atoms with Crippen LogP contribution in [0.3, 0.4) is 0 Å². The summed E-state index contributed by atoms with van der Waals surface area (Å²) in [5.41, 5.74) is 5.32. The van der Waals surface area contributed by atoms with E-state index in [2.05, 4.69) is 13.8 Å². The summed E-state index contributed by atoms with van der Waals surface area (Å²) in [5.74, 6) is 1.11. The molecule has 13 heavy (non-hydrogen) atoms. The van der Waals surface area contributed by atoms with Crippen LogP contribution in [0, 0.1) is 0 Å². The van der Waals surface area contributed by atoms with Crippen molar-refractivity contribution in [1.82, 2.24) is 4.90 Å². The summed E-state index contributed by atoms with van der Waals surface area (Å²) in [6.07, 6.45) is 1.06. The van der Waals surface area contributed by atoms with Gasteiger partial charge in [-0.25, -0.2) is 0 Å². The molecule has 0 aliphatic carbocycles. The van der Waals surface area contributed by atoms with Gasteiger partial charge in [0.05, 0.1) is 6.54 Å². The van der Waals surface area contributed by atoms with Gasteiger partial charge in [-0.3, -0.25) is 4.79 Å². The van der Waals surface area contributed by atoms with E-state index in [1.54, 1.807) is 0 Å². The molecule has 76 valence electrons. The molecule has 4 heteroatoms. The fourth-order valence-electron chi connectivity index (χ4n) is 1.40. The average Bonchev–Trinajstić information content (AvgIpc) is 2.25. The maximum atomic E-state index is 11.3. The van der Waals surface area contributed by atoms with Crippen molar-refractivity contribution in [2.45, 2.75) is 25.0 Å². The van der Waals surface area contributed by atoms with Crippen molar-refractivity contribution in [2.24, 2.45) is 5.73 Å². The first-order valence-electron chi connectivity index (χ1n) is 4.67. The van der Waals surface area contributed by atoms with Crippen LogP contribution in [0.2, 0.25) is 0 Å². The topological polar surface area (TPSA) is 46.3 Å². The fourth-order valence-corrected chi connectivity index (χ4v) is 2.50. The van der Waals surface area contributed by atoms with Crippen molar-refractivity contribution in [3.8, 4) is 0 Å². The van der Waals surface area contributed by atoms with Gasteiger partial charge in [-0.05, 0) is 6.42 Å². The second-order valence-electron chi connectivity index (χ2n) is 3.94. The zero-order valence-corrected chi connectivity index (χ0v) is 9.19. The Bertz CT molecular complexity index is 194. The number of carbonyl (C=O) groups excluding carboxylic acids is 1. The van der Waals surface area contributed by atoms with E-state index in [-0.39, 0.29) is 12.5 Å². The molecule has 0 unspecified atom stereocenters. The van der Waals surface area contributed by atoms with Gasteiger partial charge in [0, 0.05) is 23.6 Å². The number of rotatable bonds is 1. The molecular formula is C9H18N2OS. The molecule has 1 saturated heterocycles. The van der Waals surface area contributed by atoms with Crippen molar-refractivity contribution in [3.63, 3.8) is 0 Å². The standard InChI is InChI=1S/C9H18N2OS/c1-9(2)3-4-11(5-6-13-9)8(12)7-10/h3-7,10H2,1-2H3. The van der Waals surface area contributed by atoms with Gasteiger partial charge >= 0.3 is 0 Å². The monoisotopic (exact) mass is 202 g/mol. The third-order valence-corrected chi connectivity index (χ3v) is 3.74. The first-order valence-corrected chi connectivity index (χ1v) is 5.65. The molecule has 1 heterocycles. The molecule has 0 spiro atoms. The lowest BCUT2D eigenvalue weighted by molar-refractivity contribution is -0.129. The van der Waals surface area contributed by atoms with Gasteiger partial charge in [0.2, 0.25) is 5.91 Å². The summed E-state index contributed by atoms with van der Waals surface area (Å²) < 4.78 is 0.309. The highest BCUT2D eigenvalue weighted by Crippen LogP contribution is 2.30. The molecule has 1 amide bonds. The van der Waals surface area contributed by atoms with Crippen LogP contribution < -0.4 is 5.73 Å². The first kappa shape index (κ1) is 10.9. The molecular weight excluding hydrogens is 184 g/mol. The number of carbonyl (C=O) groups is 1. The van der Waals surface area contributed by atoms with Gasteiger partial charge in [-0.15, -0.1) is 0 Å². The molecule has 0 saturated carbocycles. The van der Waals surface area contributed by atoms with E-state index in [0.29, 0.717) is 4.75 Å². The van der Waals surface area contributed by atoms with Gasteiger partial charge < -0.3 is 10.6 Å². The number of hydrogen-bond acceptors (Lipinski definition) is 3. The highest BCUT2D eigenvalue weighted by atomic mass is 32.2. The SMILES string of the molecule is CC1(C)CCN(C(=O)CN)CCS1. The number of nitrogens with two attached hydrogens (primary N) is 1. The molecule has 0 aromatic rings. The second kappa shape index (κ2) is 4.33. The quantitative estimate of drug-likeness (QED) is 0.680. The fraction of sp³-hybridized carbons (Fsp3) is 0.889. The Morgan fingerprint density at radius 1 is 1.54 bits per heavy atom. The van der Waals surface area contributed by atoms with Crippen LogP contribution in [0.5, 0.6) is 0 Å². The molecule has 0 radical (unpaired) electrons. The van der Waals surface area contributed by atoms with Gasteiger partial charge in [0.1, 0.15) is 0 Å². The van der Waals surface area contributed by atoms with Gasteiger partial charge in [-0.2, -0.15) is 11.8 Å². The maximum absolute atomic E-state index is 11.3. The van der Waals surface area contributed by atoms with E-state index in [9.17, 15) is 4.79 Å². The predicted molar refractivity (Wildman–Crippen MR) is 56.8 cm³/mol. The molecule has 1 aliphatic rings. The van der Waals surface area contributed by atoms with Crippen LogP contribution in [-0.4, -0.2) is 40.9 Å². The minimum absolute atomic E-state index is 0.0818. The molecule has 0 bridgehead atoms. The third kappa shape index (κ3) is 3.19. The number of thioether (sulfide) groups is 1. The Hall–Kier alpha value is -0.220. The number of amides is 1.